The molecular weight excluding hydrogens is 376 g/mol. The SMILES string of the molecule is O=C(NC1=NC=CN(CC2CCC2)C1)c1ccc(Cn2ccnn2)c2ccccc12. The Morgan fingerprint density at radius 3 is 2.77 bits per heavy atom. The van der Waals surface area contributed by atoms with Crippen LogP contribution in [-0.2, 0) is 6.54 Å². The molecular formula is C23H24N6O. The number of nitrogens with one attached hydrogen (secondary N) is 1. The Morgan fingerprint density at radius 2 is 2.00 bits per heavy atom. The fourth-order valence-electron chi connectivity index (χ4n) is 4.10. The standard InChI is InChI=1S/C23H24N6O/c30-23(26-22-16-28(12-10-24-22)14-17-4-3-5-17)21-9-8-18(15-29-13-11-25-27-29)19-6-1-2-7-20(19)21/h1-2,6-13,17H,3-5,14-16H2,(H,24,26,30). The van der Waals surface area contributed by atoms with Gasteiger partial charge in [0.25, 0.3) is 5.91 Å². The summed E-state index contributed by atoms with van der Waals surface area (Å²) in [5, 5.41) is 12.9. The largest absolute Gasteiger partial charge is 0.368 e. The highest BCUT2D eigenvalue weighted by Crippen LogP contribution is 2.27. The molecule has 3 aromatic rings. The van der Waals surface area contributed by atoms with Crippen LogP contribution in [0.15, 0.2) is 66.2 Å². The van der Waals surface area contributed by atoms with Gasteiger partial charge in [-0.2, -0.15) is 0 Å². The second-order valence-corrected chi connectivity index (χ2v) is 7.97. The van der Waals surface area contributed by atoms with Gasteiger partial charge in [0.1, 0.15) is 5.84 Å². The number of amides is 1. The number of benzene rings is 2. The number of aliphatic imine (C=N–C) groups is 1. The van der Waals surface area contributed by atoms with Gasteiger partial charge in [0.2, 0.25) is 0 Å². The summed E-state index contributed by atoms with van der Waals surface area (Å²) in [4.78, 5) is 19.7. The molecule has 1 aliphatic heterocycles. The van der Waals surface area contributed by atoms with Crippen molar-refractivity contribution in [1.82, 2.24) is 25.2 Å². The Bertz CT molecular complexity index is 1110. The van der Waals surface area contributed by atoms with E-state index in [1.54, 1.807) is 17.1 Å². The average Bonchev–Trinajstić information content (AvgIpc) is 3.24. The van der Waals surface area contributed by atoms with Gasteiger partial charge in [-0.1, -0.05) is 42.0 Å². The lowest BCUT2D eigenvalue weighted by molar-refractivity contribution is 0.0977. The fraction of sp³-hybridized carbons (Fsp3) is 0.304. The van der Waals surface area contributed by atoms with Crippen molar-refractivity contribution in [1.29, 1.82) is 0 Å². The summed E-state index contributed by atoms with van der Waals surface area (Å²) >= 11 is 0. The van der Waals surface area contributed by atoms with E-state index in [0.29, 0.717) is 24.5 Å². The lowest BCUT2D eigenvalue weighted by Gasteiger charge is -2.32. The van der Waals surface area contributed by atoms with E-state index < -0.39 is 0 Å². The van der Waals surface area contributed by atoms with Crippen LogP contribution < -0.4 is 5.32 Å². The molecule has 0 spiro atoms. The average molecular weight is 400 g/mol. The van der Waals surface area contributed by atoms with E-state index in [1.165, 1.54) is 19.3 Å². The van der Waals surface area contributed by atoms with Crippen LogP contribution >= 0.6 is 0 Å². The number of hydrogen-bond donors (Lipinski definition) is 1. The Hall–Kier alpha value is -3.48. The van der Waals surface area contributed by atoms with Gasteiger partial charge in [-0.3, -0.25) is 4.79 Å². The summed E-state index contributed by atoms with van der Waals surface area (Å²) < 4.78 is 1.78. The minimum absolute atomic E-state index is 0.129. The van der Waals surface area contributed by atoms with E-state index >= 15 is 0 Å². The van der Waals surface area contributed by atoms with Crippen LogP contribution in [0, 0.1) is 5.92 Å². The molecule has 0 atom stereocenters. The molecule has 2 aromatic carbocycles. The van der Waals surface area contributed by atoms with Crippen LogP contribution in [0.1, 0.15) is 35.2 Å². The Kier molecular flexibility index (Phi) is 5.01. The number of rotatable bonds is 5. The van der Waals surface area contributed by atoms with Crippen molar-refractivity contribution >= 4 is 22.5 Å². The highest BCUT2D eigenvalue weighted by Gasteiger charge is 2.22. The first-order chi connectivity index (χ1) is 14.8. The van der Waals surface area contributed by atoms with Crippen LogP contribution in [-0.4, -0.2) is 44.7 Å². The van der Waals surface area contributed by atoms with Crippen LogP contribution in [0.5, 0.6) is 0 Å². The number of carbonyl (C=O) groups excluding carboxylic acids is 1. The quantitative estimate of drug-likeness (QED) is 0.714. The van der Waals surface area contributed by atoms with Crippen LogP contribution in [0.3, 0.4) is 0 Å². The first kappa shape index (κ1) is 18.5. The van der Waals surface area contributed by atoms with Gasteiger partial charge < -0.3 is 10.2 Å². The topological polar surface area (TPSA) is 75.4 Å². The molecule has 30 heavy (non-hydrogen) atoms. The molecule has 0 bridgehead atoms. The third-order valence-corrected chi connectivity index (χ3v) is 5.90. The minimum atomic E-state index is -0.129. The normalized spacial score (nSPS) is 16.4. The molecule has 5 rings (SSSR count). The van der Waals surface area contributed by atoms with Gasteiger partial charge in [0.15, 0.2) is 0 Å². The summed E-state index contributed by atoms with van der Waals surface area (Å²) in [7, 11) is 0. The maximum absolute atomic E-state index is 13.1. The second kappa shape index (κ2) is 8.10. The zero-order valence-corrected chi connectivity index (χ0v) is 16.7. The van der Waals surface area contributed by atoms with Crippen LogP contribution in [0.2, 0.25) is 0 Å². The third-order valence-electron chi connectivity index (χ3n) is 5.90. The molecule has 1 saturated carbocycles. The van der Waals surface area contributed by atoms with E-state index in [-0.39, 0.29) is 5.91 Å². The lowest BCUT2D eigenvalue weighted by atomic mass is 9.85. The molecule has 1 N–H and O–H groups in total. The molecule has 2 aliphatic rings. The molecule has 7 heteroatoms. The Labute approximate surface area is 175 Å². The predicted octanol–water partition coefficient (Wildman–Crippen LogP) is 3.19. The number of hydrogen-bond acceptors (Lipinski definition) is 5. The van der Waals surface area contributed by atoms with Crippen LogP contribution in [0.4, 0.5) is 0 Å². The van der Waals surface area contributed by atoms with E-state index in [9.17, 15) is 4.79 Å². The van der Waals surface area contributed by atoms with E-state index in [1.807, 2.05) is 48.8 Å². The lowest BCUT2D eigenvalue weighted by Crippen LogP contribution is -2.41. The predicted molar refractivity (Wildman–Crippen MR) is 116 cm³/mol. The van der Waals surface area contributed by atoms with Gasteiger partial charge in [0, 0.05) is 30.7 Å². The van der Waals surface area contributed by atoms with Gasteiger partial charge in [-0.05, 0) is 41.2 Å². The molecule has 2 heterocycles. The molecule has 1 fully saturated rings. The first-order valence-electron chi connectivity index (χ1n) is 10.4. The highest BCUT2D eigenvalue weighted by molar-refractivity contribution is 6.14. The Morgan fingerprint density at radius 1 is 1.13 bits per heavy atom. The molecule has 0 saturated heterocycles. The zero-order chi connectivity index (χ0) is 20.3. The molecule has 1 aromatic heterocycles. The summed E-state index contributed by atoms with van der Waals surface area (Å²) in [5.74, 6) is 1.33. The number of amidine groups is 1. The van der Waals surface area contributed by atoms with Crippen molar-refractivity contribution in [2.45, 2.75) is 25.8 Å². The fourth-order valence-corrected chi connectivity index (χ4v) is 4.10. The summed E-state index contributed by atoms with van der Waals surface area (Å²) in [6, 6.07) is 11.8. The molecule has 0 radical (unpaired) electrons. The second-order valence-electron chi connectivity index (χ2n) is 7.97. The monoisotopic (exact) mass is 400 g/mol. The van der Waals surface area contributed by atoms with Gasteiger partial charge in [-0.15, -0.1) is 5.10 Å². The van der Waals surface area contributed by atoms with Crippen molar-refractivity contribution in [3.8, 4) is 0 Å². The number of nitrogens with zero attached hydrogens (tertiary/aromatic N) is 5. The van der Waals surface area contributed by atoms with E-state index in [0.717, 1.165) is 28.8 Å². The molecule has 7 nitrogen and oxygen atoms in total. The number of fused-ring (bicyclic) bond motifs is 1. The molecule has 152 valence electrons. The zero-order valence-electron chi connectivity index (χ0n) is 16.7. The minimum Gasteiger partial charge on any atom is -0.368 e. The van der Waals surface area contributed by atoms with Crippen LogP contribution in [0.25, 0.3) is 10.8 Å². The molecule has 0 unspecified atom stereocenters. The van der Waals surface area contributed by atoms with Gasteiger partial charge in [0.05, 0.1) is 19.3 Å². The smallest absolute Gasteiger partial charge is 0.257 e. The Balaban J connectivity index is 1.35. The van der Waals surface area contributed by atoms with E-state index in [4.69, 9.17) is 0 Å². The molecule has 1 aliphatic carbocycles. The van der Waals surface area contributed by atoms with Crippen molar-refractivity contribution in [3.05, 3.63) is 72.3 Å². The maximum atomic E-state index is 13.1. The number of carbonyl (C=O) groups is 1. The van der Waals surface area contributed by atoms with Gasteiger partial charge in [-0.25, -0.2) is 9.67 Å². The van der Waals surface area contributed by atoms with Crippen molar-refractivity contribution < 1.29 is 4.79 Å². The molecule has 1 amide bonds. The van der Waals surface area contributed by atoms with Crippen molar-refractivity contribution in [2.24, 2.45) is 10.9 Å². The number of aromatic nitrogens is 3. The van der Waals surface area contributed by atoms with Gasteiger partial charge >= 0.3 is 0 Å². The first-order valence-corrected chi connectivity index (χ1v) is 10.4. The summed E-state index contributed by atoms with van der Waals surface area (Å²) in [6.07, 6.45) is 11.2. The van der Waals surface area contributed by atoms with Crippen molar-refractivity contribution in [2.75, 3.05) is 13.1 Å². The van der Waals surface area contributed by atoms with Crippen molar-refractivity contribution in [3.63, 3.8) is 0 Å². The maximum Gasteiger partial charge on any atom is 0.257 e. The summed E-state index contributed by atoms with van der Waals surface area (Å²) in [6.45, 7) is 2.28. The summed E-state index contributed by atoms with van der Waals surface area (Å²) in [5.41, 5.74) is 1.74. The highest BCUT2D eigenvalue weighted by atomic mass is 16.1. The third kappa shape index (κ3) is 3.83. The van der Waals surface area contributed by atoms with E-state index in [2.05, 4.69) is 25.5 Å².